The molecule has 19 heavy (non-hydrogen) atoms. The van der Waals surface area contributed by atoms with Gasteiger partial charge in [0.25, 0.3) is 0 Å². The number of nitrogens with two attached hydrogens (primary N) is 1. The molecule has 0 spiro atoms. The second kappa shape index (κ2) is 7.96. The molecule has 0 aromatic heterocycles. The molecular formula is C13H24NNaO4. The zero-order chi connectivity index (χ0) is 14.5. The van der Waals surface area contributed by atoms with Gasteiger partial charge in [-0.15, -0.1) is 0 Å². The van der Waals surface area contributed by atoms with Crippen LogP contribution in [0, 0.1) is 5.92 Å². The van der Waals surface area contributed by atoms with Crippen molar-refractivity contribution in [3.05, 3.63) is 0 Å². The molecule has 1 aliphatic rings. The summed E-state index contributed by atoms with van der Waals surface area (Å²) in [4.78, 5) is 10.9. The van der Waals surface area contributed by atoms with Crippen LogP contribution in [0.4, 0.5) is 0 Å². The van der Waals surface area contributed by atoms with Crippen LogP contribution in [0.25, 0.3) is 0 Å². The molecule has 0 saturated heterocycles. The van der Waals surface area contributed by atoms with Crippen molar-refractivity contribution in [2.45, 2.75) is 66.4 Å². The van der Waals surface area contributed by atoms with Gasteiger partial charge in [0.2, 0.25) is 0 Å². The molecule has 5 N–H and O–H groups in total. The van der Waals surface area contributed by atoms with E-state index in [0.29, 0.717) is 12.3 Å². The van der Waals surface area contributed by atoms with Gasteiger partial charge in [-0.05, 0) is 0 Å². The molecule has 5 nitrogen and oxygen atoms in total. The van der Waals surface area contributed by atoms with Crippen molar-refractivity contribution in [3.63, 3.8) is 0 Å². The Bertz CT molecular complexity index is 292. The first kappa shape index (κ1) is 17.4. The van der Waals surface area contributed by atoms with E-state index in [2.05, 4.69) is 0 Å². The maximum atomic E-state index is 10.9. The number of aliphatic hydroxyl groups excluding tert-OH is 2. The Morgan fingerprint density at radius 2 is 1.84 bits per heavy atom. The zero-order valence-corrected chi connectivity index (χ0v) is 13.7. The summed E-state index contributed by atoms with van der Waals surface area (Å²) in [5.41, 5.74) is 5.63. The van der Waals surface area contributed by atoms with Gasteiger partial charge in [-0.3, -0.25) is 0 Å². The topological polar surface area (TPSA) is 104 Å². The molecule has 1 saturated carbocycles. The van der Waals surface area contributed by atoms with Crippen LogP contribution in [0.1, 0.15) is 51.4 Å². The van der Waals surface area contributed by atoms with E-state index in [1.807, 2.05) is 0 Å². The van der Waals surface area contributed by atoms with Crippen LogP contribution in [-0.4, -0.2) is 64.2 Å². The van der Waals surface area contributed by atoms with Crippen molar-refractivity contribution in [2.24, 2.45) is 11.7 Å². The van der Waals surface area contributed by atoms with E-state index in [4.69, 9.17) is 10.8 Å². The van der Waals surface area contributed by atoms with Gasteiger partial charge in [0.05, 0.1) is 0 Å². The predicted octanol–water partition coefficient (Wildman–Crippen LogP) is 0.367. The summed E-state index contributed by atoms with van der Waals surface area (Å²) in [5, 5.41) is 28.7. The van der Waals surface area contributed by atoms with Crippen molar-refractivity contribution >= 4 is 33.9 Å². The average molecular weight is 281 g/mol. The monoisotopic (exact) mass is 281 g/mol. The average Bonchev–Trinajstić information content (AvgIpc) is 2.36. The third-order valence-electron chi connectivity index (χ3n) is 4.16. The van der Waals surface area contributed by atoms with Crippen LogP contribution < -0.4 is 5.73 Å². The van der Waals surface area contributed by atoms with E-state index < -0.39 is 21.0 Å². The molecule has 106 valence electrons. The van der Waals surface area contributed by atoms with Crippen LogP contribution in [0.15, 0.2) is 0 Å². The van der Waals surface area contributed by atoms with E-state index in [0.717, 1.165) is 6.42 Å². The fourth-order valence-corrected chi connectivity index (χ4v) is 3.15. The van der Waals surface area contributed by atoms with Crippen molar-refractivity contribution in [2.75, 3.05) is 0 Å². The molecule has 1 rings (SSSR count). The second-order valence-electron chi connectivity index (χ2n) is 6.14. The number of hydrogen-bond acceptors (Lipinski definition) is 4. The minimum atomic E-state index is -1.36. The molecule has 1 unspecified atom stereocenters. The van der Waals surface area contributed by atoms with E-state index in [1.165, 1.54) is 32.1 Å². The van der Waals surface area contributed by atoms with Gasteiger partial charge in [-0.2, -0.15) is 0 Å². The first-order valence-electron chi connectivity index (χ1n) is 7.21. The van der Waals surface area contributed by atoms with Gasteiger partial charge in [0.15, 0.2) is 0 Å². The van der Waals surface area contributed by atoms with E-state index in [-0.39, 0.29) is 34.4 Å². The zero-order valence-electron chi connectivity index (χ0n) is 11.7. The summed E-state index contributed by atoms with van der Waals surface area (Å²) in [6.07, 6.45) is 5.70. The molecule has 0 amide bonds. The molecule has 3 atom stereocenters. The number of rotatable bonds is 7. The number of aliphatic hydroxyl groups is 2. The normalized spacial score (nSPS) is 23.6. The number of aliphatic carboxylic acids is 1. The van der Waals surface area contributed by atoms with Crippen LogP contribution in [0.5, 0.6) is 0 Å². The number of carboxylic acid groups (broad SMARTS) is 1. The molecule has 0 aromatic rings. The number of carbonyl (C=O) groups is 1. The van der Waals surface area contributed by atoms with E-state index in [9.17, 15) is 15.0 Å². The molecule has 1 fully saturated rings. The van der Waals surface area contributed by atoms with E-state index in [1.54, 1.807) is 0 Å². The van der Waals surface area contributed by atoms with Crippen molar-refractivity contribution in [1.82, 2.24) is 0 Å². The Balaban J connectivity index is 2.31. The van der Waals surface area contributed by atoms with Gasteiger partial charge >= 0.3 is 132 Å². The molecule has 0 radical (unpaired) electrons. The van der Waals surface area contributed by atoms with Gasteiger partial charge in [-0.25, -0.2) is 0 Å². The van der Waals surface area contributed by atoms with Crippen molar-refractivity contribution in [3.8, 4) is 0 Å². The molecular weight excluding hydrogens is 257 g/mol. The van der Waals surface area contributed by atoms with Gasteiger partial charge in [0.1, 0.15) is 0 Å². The Labute approximate surface area is 132 Å². The summed E-state index contributed by atoms with van der Waals surface area (Å²) in [6.45, 7) is 0. The van der Waals surface area contributed by atoms with Gasteiger partial charge in [-0.1, -0.05) is 0 Å². The summed E-state index contributed by atoms with van der Waals surface area (Å²) < 4.78 is -1.36. The standard InChI is InChI=1S/C13H24NO4.Na/c14-10(13(17)18)8-12(16)11(15)7-6-9-4-2-1-3-5-9;/h9,11-12,15-16H,1-8,14H2,(H,17,18);/t11?,12-;/m0./s1. The Morgan fingerprint density at radius 1 is 1.26 bits per heavy atom. The Hall–Kier alpha value is 0.350. The third-order valence-corrected chi connectivity index (χ3v) is 5.00. The van der Waals surface area contributed by atoms with Crippen LogP contribution >= 0.6 is 0 Å². The van der Waals surface area contributed by atoms with Crippen LogP contribution in [0.2, 0.25) is 0 Å². The summed E-state index contributed by atoms with van der Waals surface area (Å²) in [5.74, 6) is -0.452. The summed E-state index contributed by atoms with van der Waals surface area (Å²) in [7, 11) is 0. The molecule has 0 aromatic carbocycles. The number of hydrogen-bond donors (Lipinski definition) is 4. The molecule has 6 heteroatoms. The Kier molecular flexibility index (Phi) is 7.29. The fourth-order valence-electron chi connectivity index (χ4n) is 2.73. The SMILES string of the molecule is N[C@]([Na])(C[C@H](O)C(O)CCC1CCCCC1)C(=O)O. The van der Waals surface area contributed by atoms with Gasteiger partial charge in [0, 0.05) is 0 Å². The van der Waals surface area contributed by atoms with E-state index >= 15 is 0 Å². The molecule has 0 heterocycles. The minimum absolute atomic E-state index is 0.0691. The van der Waals surface area contributed by atoms with Crippen molar-refractivity contribution < 1.29 is 20.1 Å². The van der Waals surface area contributed by atoms with Crippen LogP contribution in [0.3, 0.4) is 0 Å². The van der Waals surface area contributed by atoms with Crippen LogP contribution in [-0.2, 0) is 4.79 Å². The molecule has 0 bridgehead atoms. The predicted molar refractivity (Wildman–Crippen MR) is 72.7 cm³/mol. The Morgan fingerprint density at radius 3 is 2.37 bits per heavy atom. The quantitative estimate of drug-likeness (QED) is 0.505. The molecule has 1 aliphatic carbocycles. The first-order valence-corrected chi connectivity index (χ1v) is 8.21. The van der Waals surface area contributed by atoms with Gasteiger partial charge < -0.3 is 0 Å². The first-order chi connectivity index (χ1) is 8.83. The maximum absolute atomic E-state index is 10.9. The summed E-state index contributed by atoms with van der Waals surface area (Å²) >= 11 is 0.245. The second-order valence-corrected chi connectivity index (χ2v) is 7.93. The van der Waals surface area contributed by atoms with Crippen molar-refractivity contribution in [1.29, 1.82) is 0 Å². The molecule has 0 aliphatic heterocycles. The fraction of sp³-hybridized carbons (Fsp3) is 0.923. The third kappa shape index (κ3) is 6.10. The number of carboxylic acids is 1. The summed E-state index contributed by atoms with van der Waals surface area (Å²) in [6, 6.07) is 0.